The summed E-state index contributed by atoms with van der Waals surface area (Å²) >= 11 is 6.10. The molecule has 0 bridgehead atoms. The molecule has 0 spiro atoms. The number of hydrogen-bond donors (Lipinski definition) is 2. The average molecular weight is 398 g/mol. The van der Waals surface area contributed by atoms with E-state index in [1.165, 1.54) is 25.3 Å². The maximum absolute atomic E-state index is 12.8. The smallest absolute Gasteiger partial charge is 0.337 e. The second-order valence-corrected chi connectivity index (χ2v) is 6.74. The predicted octanol–water partition coefficient (Wildman–Crippen LogP) is 3.36. The molecule has 0 saturated heterocycles. The average Bonchev–Trinajstić information content (AvgIpc) is 3.51. The van der Waals surface area contributed by atoms with Gasteiger partial charge in [0.25, 0.3) is 0 Å². The fraction of sp³-hybridized carbons (Fsp3) is 0.200. The van der Waals surface area contributed by atoms with Gasteiger partial charge < -0.3 is 15.4 Å². The summed E-state index contributed by atoms with van der Waals surface area (Å²) in [4.78, 5) is 37.2. The van der Waals surface area contributed by atoms with Crippen molar-refractivity contribution in [1.29, 1.82) is 5.26 Å². The van der Waals surface area contributed by atoms with E-state index in [9.17, 15) is 14.4 Å². The zero-order chi connectivity index (χ0) is 20.3. The number of nitrogens with zero attached hydrogens (tertiary/aromatic N) is 1. The van der Waals surface area contributed by atoms with E-state index >= 15 is 0 Å². The molecule has 2 N–H and O–H groups in total. The number of benzene rings is 2. The fourth-order valence-electron chi connectivity index (χ4n) is 2.72. The first-order valence-electron chi connectivity index (χ1n) is 8.41. The number of para-hydroxylation sites is 1. The van der Waals surface area contributed by atoms with Crippen molar-refractivity contribution >= 4 is 40.8 Å². The zero-order valence-corrected chi connectivity index (χ0v) is 15.7. The number of carbonyl (C=O) groups excluding carboxylic acids is 3. The minimum absolute atomic E-state index is 0.214. The number of hydrogen-bond acceptors (Lipinski definition) is 5. The molecule has 2 aromatic carbocycles. The van der Waals surface area contributed by atoms with E-state index in [0.717, 1.165) is 0 Å². The predicted molar refractivity (Wildman–Crippen MR) is 103 cm³/mol. The van der Waals surface area contributed by atoms with Crippen LogP contribution in [0.1, 0.15) is 28.8 Å². The number of nitriles is 1. The van der Waals surface area contributed by atoms with Crippen LogP contribution in [-0.4, -0.2) is 24.9 Å². The highest BCUT2D eigenvalue weighted by molar-refractivity contribution is 6.34. The van der Waals surface area contributed by atoms with Gasteiger partial charge >= 0.3 is 5.97 Å². The van der Waals surface area contributed by atoms with Gasteiger partial charge in [-0.15, -0.1) is 0 Å². The van der Waals surface area contributed by atoms with Gasteiger partial charge in [-0.25, -0.2) is 4.79 Å². The molecule has 28 heavy (non-hydrogen) atoms. The first-order chi connectivity index (χ1) is 13.4. The van der Waals surface area contributed by atoms with Gasteiger partial charge in [0, 0.05) is 0 Å². The van der Waals surface area contributed by atoms with Crippen molar-refractivity contribution in [3.63, 3.8) is 0 Å². The van der Waals surface area contributed by atoms with Crippen molar-refractivity contribution in [2.75, 3.05) is 17.7 Å². The Morgan fingerprint density at radius 1 is 1.07 bits per heavy atom. The molecule has 1 fully saturated rings. The standard InChI is InChI=1S/C20H16ClN3O4/c1-28-17(25)12-6-7-14(21)16(10-12)24-19(27)20(8-9-20)18(26)23-15-5-3-2-4-13(15)11-22/h2-7,10H,8-9H2,1H3,(H,23,26)(H,24,27). The van der Waals surface area contributed by atoms with Crippen molar-refractivity contribution in [3.8, 4) is 6.07 Å². The van der Waals surface area contributed by atoms with Gasteiger partial charge in [-0.05, 0) is 43.2 Å². The van der Waals surface area contributed by atoms with E-state index in [1.54, 1.807) is 24.3 Å². The molecular weight excluding hydrogens is 382 g/mol. The lowest BCUT2D eigenvalue weighted by Gasteiger charge is -2.17. The Morgan fingerprint density at radius 2 is 1.71 bits per heavy atom. The first kappa shape index (κ1) is 19.4. The summed E-state index contributed by atoms with van der Waals surface area (Å²) < 4.78 is 4.66. The molecule has 1 aliphatic carbocycles. The maximum Gasteiger partial charge on any atom is 0.337 e. The molecule has 0 radical (unpaired) electrons. The van der Waals surface area contributed by atoms with Crippen LogP contribution in [0.25, 0.3) is 0 Å². The summed E-state index contributed by atoms with van der Waals surface area (Å²) in [5.41, 5.74) is -0.154. The van der Waals surface area contributed by atoms with E-state index in [2.05, 4.69) is 15.4 Å². The van der Waals surface area contributed by atoms with E-state index in [1.807, 2.05) is 6.07 Å². The summed E-state index contributed by atoms with van der Waals surface area (Å²) in [5.74, 6) is -1.59. The third-order valence-corrected chi connectivity index (χ3v) is 4.88. The quantitative estimate of drug-likeness (QED) is 0.594. The third kappa shape index (κ3) is 3.68. The van der Waals surface area contributed by atoms with Crippen LogP contribution in [0.4, 0.5) is 11.4 Å². The molecular formula is C20H16ClN3O4. The number of nitrogens with one attached hydrogen (secondary N) is 2. The summed E-state index contributed by atoms with van der Waals surface area (Å²) in [5, 5.41) is 14.6. The molecule has 142 valence electrons. The number of rotatable bonds is 5. The number of halogens is 1. The molecule has 1 saturated carbocycles. The van der Waals surface area contributed by atoms with Crippen LogP contribution in [-0.2, 0) is 14.3 Å². The minimum Gasteiger partial charge on any atom is -0.465 e. The van der Waals surface area contributed by atoms with Gasteiger partial charge in [-0.1, -0.05) is 23.7 Å². The molecule has 0 heterocycles. The molecule has 1 aliphatic rings. The molecule has 0 unspecified atom stereocenters. The van der Waals surface area contributed by atoms with Crippen molar-refractivity contribution in [2.24, 2.45) is 5.41 Å². The van der Waals surface area contributed by atoms with E-state index < -0.39 is 23.2 Å². The largest absolute Gasteiger partial charge is 0.465 e. The van der Waals surface area contributed by atoms with Crippen LogP contribution in [0, 0.1) is 16.7 Å². The Bertz CT molecular complexity index is 1010. The highest BCUT2D eigenvalue weighted by Gasteiger charge is 2.56. The highest BCUT2D eigenvalue weighted by Crippen LogP contribution is 2.48. The Labute approximate surface area is 166 Å². The van der Waals surface area contributed by atoms with E-state index in [0.29, 0.717) is 24.1 Å². The van der Waals surface area contributed by atoms with Gasteiger partial charge in [0.05, 0.1) is 34.6 Å². The lowest BCUT2D eigenvalue weighted by Crippen LogP contribution is -2.36. The Morgan fingerprint density at radius 3 is 2.32 bits per heavy atom. The second kappa shape index (κ2) is 7.71. The van der Waals surface area contributed by atoms with Crippen LogP contribution in [0.3, 0.4) is 0 Å². The summed E-state index contributed by atoms with van der Waals surface area (Å²) in [6, 6.07) is 12.9. The monoisotopic (exact) mass is 397 g/mol. The Kier molecular flexibility index (Phi) is 5.34. The lowest BCUT2D eigenvalue weighted by molar-refractivity contribution is -0.131. The van der Waals surface area contributed by atoms with Crippen molar-refractivity contribution in [2.45, 2.75) is 12.8 Å². The van der Waals surface area contributed by atoms with Crippen molar-refractivity contribution in [3.05, 3.63) is 58.6 Å². The van der Waals surface area contributed by atoms with Crippen LogP contribution < -0.4 is 10.6 Å². The van der Waals surface area contributed by atoms with Gasteiger partial charge in [0.15, 0.2) is 0 Å². The van der Waals surface area contributed by atoms with Crippen LogP contribution in [0.5, 0.6) is 0 Å². The highest BCUT2D eigenvalue weighted by atomic mass is 35.5. The van der Waals surface area contributed by atoms with Gasteiger partial charge in [-0.2, -0.15) is 5.26 Å². The number of amides is 2. The number of carbonyl (C=O) groups is 3. The molecule has 7 nitrogen and oxygen atoms in total. The van der Waals surface area contributed by atoms with Crippen molar-refractivity contribution < 1.29 is 19.1 Å². The molecule has 3 rings (SSSR count). The van der Waals surface area contributed by atoms with Crippen LogP contribution in [0.2, 0.25) is 5.02 Å². The minimum atomic E-state index is -1.24. The zero-order valence-electron chi connectivity index (χ0n) is 14.9. The van der Waals surface area contributed by atoms with Gasteiger partial charge in [0.2, 0.25) is 11.8 Å². The SMILES string of the molecule is COC(=O)c1ccc(Cl)c(NC(=O)C2(C(=O)Nc3ccccc3C#N)CC2)c1. The number of anilines is 2. The maximum atomic E-state index is 12.8. The third-order valence-electron chi connectivity index (χ3n) is 4.55. The van der Waals surface area contributed by atoms with Gasteiger partial charge in [0.1, 0.15) is 11.5 Å². The lowest BCUT2D eigenvalue weighted by atomic mass is 10.0. The summed E-state index contributed by atoms with van der Waals surface area (Å²) in [6.07, 6.45) is 0.737. The van der Waals surface area contributed by atoms with E-state index in [-0.39, 0.29) is 16.3 Å². The van der Waals surface area contributed by atoms with Crippen LogP contribution in [0.15, 0.2) is 42.5 Å². The van der Waals surface area contributed by atoms with Crippen molar-refractivity contribution in [1.82, 2.24) is 0 Å². The normalized spacial score (nSPS) is 13.8. The van der Waals surface area contributed by atoms with Gasteiger partial charge in [-0.3, -0.25) is 9.59 Å². The number of methoxy groups -OCH3 is 1. The Hall–Kier alpha value is -3.37. The molecule has 2 amide bonds. The second-order valence-electron chi connectivity index (χ2n) is 6.33. The first-order valence-corrected chi connectivity index (χ1v) is 8.79. The summed E-state index contributed by atoms with van der Waals surface area (Å²) in [7, 11) is 1.25. The number of esters is 1. The van der Waals surface area contributed by atoms with Crippen LogP contribution >= 0.6 is 11.6 Å². The fourth-order valence-corrected chi connectivity index (χ4v) is 2.89. The number of ether oxygens (including phenoxy) is 1. The summed E-state index contributed by atoms with van der Waals surface area (Å²) in [6.45, 7) is 0. The van der Waals surface area contributed by atoms with E-state index in [4.69, 9.17) is 16.9 Å². The topological polar surface area (TPSA) is 108 Å². The molecule has 8 heteroatoms. The molecule has 0 aromatic heterocycles. The molecule has 2 aromatic rings. The molecule has 0 atom stereocenters. The Balaban J connectivity index is 1.78. The molecule has 0 aliphatic heterocycles.